The number of benzene rings is 1. The maximum Gasteiger partial charge on any atom is 0.127 e. The first-order valence-electron chi connectivity index (χ1n) is 6.43. The second-order valence-corrected chi connectivity index (χ2v) is 5.85. The molecule has 0 saturated carbocycles. The summed E-state index contributed by atoms with van der Waals surface area (Å²) in [5, 5.41) is 0. The van der Waals surface area contributed by atoms with Crippen LogP contribution in [0.15, 0.2) is 23.8 Å². The Balaban J connectivity index is 2.26. The fourth-order valence-corrected chi connectivity index (χ4v) is 2.13. The quantitative estimate of drug-likeness (QED) is 0.745. The molecule has 0 bridgehead atoms. The van der Waals surface area contributed by atoms with Crippen molar-refractivity contribution in [2.75, 3.05) is 6.61 Å². The van der Waals surface area contributed by atoms with E-state index in [2.05, 4.69) is 52.0 Å². The lowest BCUT2D eigenvalue weighted by Crippen LogP contribution is -2.13. The van der Waals surface area contributed by atoms with Gasteiger partial charge >= 0.3 is 0 Å². The summed E-state index contributed by atoms with van der Waals surface area (Å²) in [6, 6.07) is 6.58. The van der Waals surface area contributed by atoms with E-state index in [0.29, 0.717) is 5.41 Å². The molecular formula is C16H22O. The first kappa shape index (κ1) is 12.2. The fourth-order valence-electron chi connectivity index (χ4n) is 2.13. The second-order valence-electron chi connectivity index (χ2n) is 5.85. The van der Waals surface area contributed by atoms with Gasteiger partial charge in [-0.15, -0.1) is 0 Å². The molecule has 92 valence electrons. The zero-order valence-corrected chi connectivity index (χ0v) is 11.3. The van der Waals surface area contributed by atoms with Crippen LogP contribution in [0.1, 0.15) is 45.2 Å². The van der Waals surface area contributed by atoms with Gasteiger partial charge in [-0.05, 0) is 48.1 Å². The van der Waals surface area contributed by atoms with Crippen LogP contribution in [0.5, 0.6) is 5.75 Å². The van der Waals surface area contributed by atoms with E-state index >= 15 is 0 Å². The van der Waals surface area contributed by atoms with Crippen molar-refractivity contribution in [1.29, 1.82) is 0 Å². The van der Waals surface area contributed by atoms with E-state index < -0.39 is 0 Å². The van der Waals surface area contributed by atoms with Crippen LogP contribution in [0.3, 0.4) is 0 Å². The molecule has 1 aromatic carbocycles. The van der Waals surface area contributed by atoms with Crippen LogP contribution in [-0.2, 0) is 6.42 Å². The molecule has 0 fully saturated rings. The molecule has 0 aliphatic carbocycles. The highest BCUT2D eigenvalue weighted by molar-refractivity contribution is 5.62. The summed E-state index contributed by atoms with van der Waals surface area (Å²) in [6.45, 7) is 9.75. The topological polar surface area (TPSA) is 9.23 Å². The molecule has 0 aromatic heterocycles. The fraction of sp³-hybridized carbons (Fsp3) is 0.500. The number of ether oxygens (including phenoxy) is 1. The third-order valence-electron chi connectivity index (χ3n) is 3.57. The minimum Gasteiger partial charge on any atom is -0.489 e. The lowest BCUT2D eigenvalue weighted by molar-refractivity contribution is 0.342. The number of hydrogen-bond donors (Lipinski definition) is 0. The van der Waals surface area contributed by atoms with E-state index in [-0.39, 0.29) is 0 Å². The highest BCUT2D eigenvalue weighted by atomic mass is 16.5. The van der Waals surface area contributed by atoms with Crippen LogP contribution in [0, 0.1) is 5.41 Å². The van der Waals surface area contributed by atoms with Gasteiger partial charge in [-0.2, -0.15) is 0 Å². The summed E-state index contributed by atoms with van der Waals surface area (Å²) in [6.07, 6.45) is 4.57. The summed E-state index contributed by atoms with van der Waals surface area (Å²) in [4.78, 5) is 0. The monoisotopic (exact) mass is 230 g/mol. The van der Waals surface area contributed by atoms with Gasteiger partial charge in [0.25, 0.3) is 0 Å². The Morgan fingerprint density at radius 3 is 2.76 bits per heavy atom. The van der Waals surface area contributed by atoms with Crippen LogP contribution in [0.2, 0.25) is 0 Å². The van der Waals surface area contributed by atoms with Gasteiger partial charge in [0, 0.05) is 5.56 Å². The largest absolute Gasteiger partial charge is 0.489 e. The van der Waals surface area contributed by atoms with Gasteiger partial charge in [0.2, 0.25) is 0 Å². The highest BCUT2D eigenvalue weighted by Crippen LogP contribution is 2.31. The lowest BCUT2D eigenvalue weighted by atomic mass is 9.83. The summed E-state index contributed by atoms with van der Waals surface area (Å²) in [5.41, 5.74) is 4.32. The van der Waals surface area contributed by atoms with Crippen molar-refractivity contribution < 1.29 is 4.74 Å². The molecule has 0 saturated heterocycles. The van der Waals surface area contributed by atoms with Crippen molar-refractivity contribution >= 4 is 6.08 Å². The van der Waals surface area contributed by atoms with E-state index in [1.807, 2.05) is 0 Å². The van der Waals surface area contributed by atoms with Crippen LogP contribution in [-0.4, -0.2) is 6.61 Å². The maximum absolute atomic E-state index is 5.68. The molecule has 0 spiro atoms. The molecule has 2 rings (SSSR count). The van der Waals surface area contributed by atoms with E-state index in [1.54, 1.807) is 0 Å². The predicted octanol–water partition coefficient (Wildman–Crippen LogP) is 4.46. The average molecular weight is 230 g/mol. The molecule has 1 aliphatic heterocycles. The van der Waals surface area contributed by atoms with Gasteiger partial charge in [0.1, 0.15) is 12.4 Å². The molecule has 0 atom stereocenters. The zero-order chi connectivity index (χ0) is 12.5. The van der Waals surface area contributed by atoms with Crippen LogP contribution < -0.4 is 4.74 Å². The van der Waals surface area contributed by atoms with E-state index in [1.165, 1.54) is 23.1 Å². The van der Waals surface area contributed by atoms with Gasteiger partial charge < -0.3 is 4.74 Å². The normalized spacial score (nSPS) is 14.9. The Kier molecular flexibility index (Phi) is 3.28. The number of fused-ring (bicyclic) bond motifs is 1. The SMILES string of the molecule is CCC(C)(C)Cc1ccc2c(c1)C=C(C)CO2. The molecule has 0 radical (unpaired) electrons. The Morgan fingerprint density at radius 2 is 2.06 bits per heavy atom. The van der Waals surface area contributed by atoms with Crippen molar-refractivity contribution in [3.63, 3.8) is 0 Å². The van der Waals surface area contributed by atoms with Crippen molar-refractivity contribution in [3.05, 3.63) is 34.9 Å². The van der Waals surface area contributed by atoms with Gasteiger partial charge in [-0.3, -0.25) is 0 Å². The third-order valence-corrected chi connectivity index (χ3v) is 3.57. The minimum atomic E-state index is 0.377. The summed E-state index contributed by atoms with van der Waals surface area (Å²) < 4.78 is 5.68. The Morgan fingerprint density at radius 1 is 1.29 bits per heavy atom. The molecule has 0 amide bonds. The maximum atomic E-state index is 5.68. The van der Waals surface area contributed by atoms with E-state index in [9.17, 15) is 0 Å². The molecule has 1 aromatic rings. The molecule has 0 unspecified atom stereocenters. The number of hydrogen-bond acceptors (Lipinski definition) is 1. The van der Waals surface area contributed by atoms with Crippen molar-refractivity contribution in [2.24, 2.45) is 5.41 Å². The predicted molar refractivity (Wildman–Crippen MR) is 73.4 cm³/mol. The smallest absolute Gasteiger partial charge is 0.127 e. The van der Waals surface area contributed by atoms with E-state index in [0.717, 1.165) is 18.8 Å². The van der Waals surface area contributed by atoms with Crippen molar-refractivity contribution in [3.8, 4) is 5.75 Å². The van der Waals surface area contributed by atoms with Crippen LogP contribution >= 0.6 is 0 Å². The Hall–Kier alpha value is -1.24. The standard InChI is InChI=1S/C16H22O/c1-5-16(3,4)10-13-6-7-15-14(9-13)8-12(2)11-17-15/h6-9H,5,10-11H2,1-4H3. The average Bonchev–Trinajstić information content (AvgIpc) is 2.28. The molecule has 1 nitrogen and oxygen atoms in total. The van der Waals surface area contributed by atoms with Crippen molar-refractivity contribution in [2.45, 2.75) is 40.5 Å². The molecule has 0 N–H and O–H groups in total. The second kappa shape index (κ2) is 4.56. The molecular weight excluding hydrogens is 208 g/mol. The molecule has 1 heteroatoms. The summed E-state index contributed by atoms with van der Waals surface area (Å²) in [5.74, 6) is 1.02. The molecule has 1 aliphatic rings. The van der Waals surface area contributed by atoms with Gasteiger partial charge in [0.15, 0.2) is 0 Å². The zero-order valence-electron chi connectivity index (χ0n) is 11.3. The van der Waals surface area contributed by atoms with Gasteiger partial charge in [-0.25, -0.2) is 0 Å². The van der Waals surface area contributed by atoms with Crippen LogP contribution in [0.4, 0.5) is 0 Å². The summed E-state index contributed by atoms with van der Waals surface area (Å²) >= 11 is 0. The van der Waals surface area contributed by atoms with Gasteiger partial charge in [0.05, 0.1) is 0 Å². The first-order chi connectivity index (χ1) is 8.00. The first-order valence-corrected chi connectivity index (χ1v) is 6.43. The van der Waals surface area contributed by atoms with E-state index in [4.69, 9.17) is 4.74 Å². The highest BCUT2D eigenvalue weighted by Gasteiger charge is 2.17. The molecule has 17 heavy (non-hydrogen) atoms. The Bertz CT molecular complexity index is 441. The lowest BCUT2D eigenvalue weighted by Gasteiger charge is -2.24. The van der Waals surface area contributed by atoms with Crippen molar-refractivity contribution in [1.82, 2.24) is 0 Å². The number of rotatable bonds is 3. The summed E-state index contributed by atoms with van der Waals surface area (Å²) in [7, 11) is 0. The minimum absolute atomic E-state index is 0.377. The molecule has 1 heterocycles. The van der Waals surface area contributed by atoms with Crippen LogP contribution in [0.25, 0.3) is 6.08 Å². The Labute approximate surface area is 104 Å². The van der Waals surface area contributed by atoms with Gasteiger partial charge in [-0.1, -0.05) is 33.3 Å². The third kappa shape index (κ3) is 2.91.